The summed E-state index contributed by atoms with van der Waals surface area (Å²) >= 11 is 0. The first-order chi connectivity index (χ1) is 9.26. The molecule has 1 saturated carbocycles. The highest BCUT2D eigenvalue weighted by Crippen LogP contribution is 2.34. The molecule has 19 heavy (non-hydrogen) atoms. The van der Waals surface area contributed by atoms with Crippen LogP contribution in [0.25, 0.3) is 11.6 Å². The van der Waals surface area contributed by atoms with Gasteiger partial charge in [0.2, 0.25) is 0 Å². The van der Waals surface area contributed by atoms with Gasteiger partial charge in [-0.1, -0.05) is 12.8 Å². The van der Waals surface area contributed by atoms with Crippen molar-refractivity contribution in [2.24, 2.45) is 5.84 Å². The third-order valence-electron chi connectivity index (χ3n) is 3.63. The highest BCUT2D eigenvalue weighted by Gasteiger charge is 2.20. The van der Waals surface area contributed by atoms with Crippen LogP contribution in [-0.2, 0) is 0 Å². The van der Waals surface area contributed by atoms with E-state index in [1.165, 1.54) is 25.7 Å². The minimum absolute atomic E-state index is 0.518. The molecule has 5 heteroatoms. The summed E-state index contributed by atoms with van der Waals surface area (Å²) in [4.78, 5) is 9.01. The van der Waals surface area contributed by atoms with Gasteiger partial charge >= 0.3 is 0 Å². The molecule has 2 aromatic rings. The molecule has 2 aromatic heterocycles. The zero-order chi connectivity index (χ0) is 13.2. The molecule has 100 valence electrons. The van der Waals surface area contributed by atoms with E-state index in [4.69, 9.17) is 10.3 Å². The first kappa shape index (κ1) is 12.2. The number of aromatic nitrogens is 2. The maximum Gasteiger partial charge on any atom is 0.197 e. The Morgan fingerprint density at radius 3 is 2.68 bits per heavy atom. The second kappa shape index (κ2) is 5.01. The number of nitrogens with one attached hydrogen (secondary N) is 1. The molecule has 0 spiro atoms. The van der Waals surface area contributed by atoms with Crippen LogP contribution in [0.1, 0.15) is 43.1 Å². The molecule has 0 amide bonds. The van der Waals surface area contributed by atoms with E-state index < -0.39 is 0 Å². The van der Waals surface area contributed by atoms with Gasteiger partial charge in [-0.15, -0.1) is 0 Å². The molecule has 3 rings (SSSR count). The summed E-state index contributed by atoms with van der Waals surface area (Å²) in [6.07, 6.45) is 4.93. The maximum absolute atomic E-state index is 5.59. The number of hydrogen-bond donors (Lipinski definition) is 2. The Balaban J connectivity index is 2.01. The van der Waals surface area contributed by atoms with Crippen molar-refractivity contribution < 1.29 is 4.42 Å². The zero-order valence-corrected chi connectivity index (χ0v) is 11.0. The van der Waals surface area contributed by atoms with Crippen molar-refractivity contribution in [3.05, 3.63) is 29.7 Å². The van der Waals surface area contributed by atoms with Gasteiger partial charge in [-0.05, 0) is 31.9 Å². The minimum Gasteiger partial charge on any atom is -0.458 e. The molecule has 0 radical (unpaired) electrons. The Morgan fingerprint density at radius 2 is 2.05 bits per heavy atom. The van der Waals surface area contributed by atoms with Gasteiger partial charge in [-0.3, -0.25) is 0 Å². The third kappa shape index (κ3) is 2.46. The summed E-state index contributed by atoms with van der Waals surface area (Å²) in [6.45, 7) is 1.91. The zero-order valence-electron chi connectivity index (χ0n) is 11.0. The van der Waals surface area contributed by atoms with Gasteiger partial charge in [0.15, 0.2) is 11.6 Å². The van der Waals surface area contributed by atoms with Crippen LogP contribution in [0.3, 0.4) is 0 Å². The lowest BCUT2D eigenvalue weighted by Gasteiger charge is -2.11. The minimum atomic E-state index is 0.518. The lowest BCUT2D eigenvalue weighted by molar-refractivity contribution is 0.543. The fourth-order valence-corrected chi connectivity index (χ4v) is 2.64. The van der Waals surface area contributed by atoms with E-state index >= 15 is 0 Å². The Hall–Kier alpha value is -1.88. The largest absolute Gasteiger partial charge is 0.458 e. The lowest BCUT2D eigenvalue weighted by Crippen LogP contribution is -2.11. The number of nitrogens with two attached hydrogens (primary N) is 1. The molecule has 5 nitrogen and oxygen atoms in total. The molecule has 0 saturated heterocycles. The lowest BCUT2D eigenvalue weighted by atomic mass is 10.0. The fraction of sp³-hybridized carbons (Fsp3) is 0.429. The fourth-order valence-electron chi connectivity index (χ4n) is 2.64. The molecule has 0 atom stereocenters. The van der Waals surface area contributed by atoms with Crippen LogP contribution in [0, 0.1) is 6.92 Å². The molecule has 0 bridgehead atoms. The average Bonchev–Trinajstić information content (AvgIpc) is 3.09. The standard InChI is InChI=1S/C14H18N4O/c1-9-6-7-12(19-9)14-16-11(8-13(17-14)18-15)10-4-2-3-5-10/h6-8,10H,2-5,15H2,1H3,(H,16,17,18). The van der Waals surface area contributed by atoms with Crippen LogP contribution < -0.4 is 11.3 Å². The Kier molecular flexibility index (Phi) is 3.21. The number of nitrogen functional groups attached to an aromatic ring is 1. The topological polar surface area (TPSA) is 77.0 Å². The first-order valence-corrected chi connectivity index (χ1v) is 6.68. The predicted molar refractivity (Wildman–Crippen MR) is 73.5 cm³/mol. The highest BCUT2D eigenvalue weighted by molar-refractivity contribution is 5.52. The Morgan fingerprint density at radius 1 is 1.26 bits per heavy atom. The highest BCUT2D eigenvalue weighted by atomic mass is 16.3. The quantitative estimate of drug-likeness (QED) is 0.653. The predicted octanol–water partition coefficient (Wildman–Crippen LogP) is 2.99. The van der Waals surface area contributed by atoms with Gasteiger partial charge < -0.3 is 9.84 Å². The van der Waals surface area contributed by atoms with Gasteiger partial charge in [0.25, 0.3) is 0 Å². The van der Waals surface area contributed by atoms with E-state index in [9.17, 15) is 0 Å². The van der Waals surface area contributed by atoms with Crippen molar-refractivity contribution >= 4 is 5.82 Å². The van der Waals surface area contributed by atoms with E-state index in [2.05, 4.69) is 15.4 Å². The van der Waals surface area contributed by atoms with Crippen molar-refractivity contribution in [2.75, 3.05) is 5.43 Å². The van der Waals surface area contributed by atoms with Crippen LogP contribution in [0.5, 0.6) is 0 Å². The molecular formula is C14H18N4O. The van der Waals surface area contributed by atoms with Crippen molar-refractivity contribution in [1.29, 1.82) is 0 Å². The number of rotatable bonds is 3. The normalized spacial score (nSPS) is 15.9. The van der Waals surface area contributed by atoms with Gasteiger partial charge in [0, 0.05) is 17.7 Å². The summed E-state index contributed by atoms with van der Waals surface area (Å²) in [5.74, 6) is 8.80. The van der Waals surface area contributed by atoms with E-state index in [-0.39, 0.29) is 0 Å². The summed E-state index contributed by atoms with van der Waals surface area (Å²) in [6, 6.07) is 5.75. The van der Waals surface area contributed by atoms with E-state index in [1.807, 2.05) is 25.1 Å². The summed E-state index contributed by atoms with van der Waals surface area (Å²) in [7, 11) is 0. The second-order valence-electron chi connectivity index (χ2n) is 5.04. The van der Waals surface area contributed by atoms with Gasteiger partial charge in [0.1, 0.15) is 11.6 Å². The van der Waals surface area contributed by atoms with Crippen LogP contribution in [-0.4, -0.2) is 9.97 Å². The Labute approximate surface area is 112 Å². The molecule has 2 heterocycles. The number of anilines is 1. The van der Waals surface area contributed by atoms with Crippen molar-refractivity contribution in [3.63, 3.8) is 0 Å². The van der Waals surface area contributed by atoms with Gasteiger partial charge in [-0.2, -0.15) is 0 Å². The molecule has 0 aromatic carbocycles. The number of hydrogen-bond acceptors (Lipinski definition) is 5. The van der Waals surface area contributed by atoms with Crippen LogP contribution >= 0.6 is 0 Å². The molecule has 0 unspecified atom stereocenters. The van der Waals surface area contributed by atoms with Crippen LogP contribution in [0.2, 0.25) is 0 Å². The SMILES string of the molecule is Cc1ccc(-c2nc(NN)cc(C3CCCC3)n2)o1. The summed E-state index contributed by atoms with van der Waals surface area (Å²) < 4.78 is 5.59. The summed E-state index contributed by atoms with van der Waals surface area (Å²) in [5.41, 5.74) is 3.67. The average molecular weight is 258 g/mol. The first-order valence-electron chi connectivity index (χ1n) is 6.68. The van der Waals surface area contributed by atoms with Gasteiger partial charge in [0.05, 0.1) is 0 Å². The van der Waals surface area contributed by atoms with Crippen LogP contribution in [0.15, 0.2) is 22.6 Å². The molecule has 1 aliphatic rings. The van der Waals surface area contributed by atoms with E-state index in [0.29, 0.717) is 23.3 Å². The number of nitrogens with zero attached hydrogens (tertiary/aromatic N) is 2. The van der Waals surface area contributed by atoms with Gasteiger partial charge in [-0.25, -0.2) is 15.8 Å². The number of hydrazine groups is 1. The van der Waals surface area contributed by atoms with Crippen LogP contribution in [0.4, 0.5) is 5.82 Å². The van der Waals surface area contributed by atoms with E-state index in [0.717, 1.165) is 11.5 Å². The maximum atomic E-state index is 5.59. The van der Waals surface area contributed by atoms with Crippen molar-refractivity contribution in [1.82, 2.24) is 9.97 Å². The molecule has 1 fully saturated rings. The second-order valence-corrected chi connectivity index (χ2v) is 5.04. The third-order valence-corrected chi connectivity index (χ3v) is 3.63. The summed E-state index contributed by atoms with van der Waals surface area (Å²) in [5, 5.41) is 0. The molecule has 1 aliphatic carbocycles. The number of furan rings is 1. The van der Waals surface area contributed by atoms with E-state index in [1.54, 1.807) is 0 Å². The molecule has 0 aliphatic heterocycles. The monoisotopic (exact) mass is 258 g/mol. The smallest absolute Gasteiger partial charge is 0.197 e. The van der Waals surface area contributed by atoms with Crippen molar-refractivity contribution in [2.45, 2.75) is 38.5 Å². The Bertz CT molecular complexity index is 573. The number of aryl methyl sites for hydroxylation is 1. The molecular weight excluding hydrogens is 240 g/mol. The van der Waals surface area contributed by atoms with Crippen molar-refractivity contribution in [3.8, 4) is 11.6 Å². The molecule has 3 N–H and O–H groups in total.